The summed E-state index contributed by atoms with van der Waals surface area (Å²) in [5, 5.41) is 3.37. The van der Waals surface area contributed by atoms with E-state index >= 15 is 0 Å². The smallest absolute Gasteiger partial charge is 0.258 e. The molecule has 1 saturated heterocycles. The second kappa shape index (κ2) is 7.42. The standard InChI is InChI=1S/C17H19ClN4O/c18-14-6-5-7-15(10-14)21-16(23)13-11-19-17(20-12-13)22-8-3-1-2-4-9-22/h5-7,10-12H,1-4,8-9H2,(H,21,23). The Labute approximate surface area is 140 Å². The van der Waals surface area contributed by atoms with Gasteiger partial charge in [-0.1, -0.05) is 30.5 Å². The molecule has 1 aromatic carbocycles. The average molecular weight is 331 g/mol. The highest BCUT2D eigenvalue weighted by Gasteiger charge is 2.14. The van der Waals surface area contributed by atoms with Crippen LogP contribution in [-0.4, -0.2) is 29.0 Å². The molecule has 1 fully saturated rings. The SMILES string of the molecule is O=C(Nc1cccc(Cl)c1)c1cnc(N2CCCCCC2)nc1. The molecule has 1 aromatic heterocycles. The number of hydrogen-bond acceptors (Lipinski definition) is 4. The van der Waals surface area contributed by atoms with Gasteiger partial charge in [0.15, 0.2) is 0 Å². The lowest BCUT2D eigenvalue weighted by atomic mass is 10.2. The third kappa shape index (κ3) is 4.20. The van der Waals surface area contributed by atoms with Gasteiger partial charge in [0.25, 0.3) is 5.91 Å². The van der Waals surface area contributed by atoms with Gasteiger partial charge >= 0.3 is 0 Å². The van der Waals surface area contributed by atoms with Crippen LogP contribution in [0.4, 0.5) is 11.6 Å². The number of rotatable bonds is 3. The summed E-state index contributed by atoms with van der Waals surface area (Å²) >= 11 is 5.91. The van der Waals surface area contributed by atoms with Gasteiger partial charge in [-0.2, -0.15) is 0 Å². The molecule has 5 nitrogen and oxygen atoms in total. The molecule has 0 unspecified atom stereocenters. The number of nitrogens with zero attached hydrogens (tertiary/aromatic N) is 3. The van der Waals surface area contributed by atoms with Gasteiger partial charge in [0.2, 0.25) is 5.95 Å². The van der Waals surface area contributed by atoms with E-state index in [2.05, 4.69) is 20.2 Å². The van der Waals surface area contributed by atoms with Crippen LogP contribution >= 0.6 is 11.6 Å². The number of hydrogen-bond donors (Lipinski definition) is 1. The van der Waals surface area contributed by atoms with E-state index in [1.54, 1.807) is 36.7 Å². The van der Waals surface area contributed by atoms with Crippen molar-refractivity contribution in [2.75, 3.05) is 23.3 Å². The van der Waals surface area contributed by atoms with Crippen LogP contribution in [-0.2, 0) is 0 Å². The number of benzene rings is 1. The molecule has 0 atom stereocenters. The van der Waals surface area contributed by atoms with Crippen molar-refractivity contribution in [2.45, 2.75) is 25.7 Å². The van der Waals surface area contributed by atoms with E-state index in [-0.39, 0.29) is 5.91 Å². The summed E-state index contributed by atoms with van der Waals surface area (Å²) in [6.45, 7) is 1.96. The first-order valence-electron chi connectivity index (χ1n) is 7.86. The molecule has 0 spiro atoms. The summed E-state index contributed by atoms with van der Waals surface area (Å²) in [7, 11) is 0. The van der Waals surface area contributed by atoms with E-state index in [1.165, 1.54) is 25.7 Å². The maximum absolute atomic E-state index is 12.2. The monoisotopic (exact) mass is 330 g/mol. The van der Waals surface area contributed by atoms with Crippen molar-refractivity contribution in [2.24, 2.45) is 0 Å². The maximum atomic E-state index is 12.2. The van der Waals surface area contributed by atoms with Crippen LogP contribution in [0, 0.1) is 0 Å². The highest BCUT2D eigenvalue weighted by molar-refractivity contribution is 6.30. The zero-order chi connectivity index (χ0) is 16.1. The number of anilines is 2. The van der Waals surface area contributed by atoms with E-state index in [9.17, 15) is 4.79 Å². The number of carbonyl (C=O) groups excluding carboxylic acids is 1. The first-order chi connectivity index (χ1) is 11.2. The predicted octanol–water partition coefficient (Wildman–Crippen LogP) is 3.76. The Kier molecular flexibility index (Phi) is 5.08. The molecule has 2 heterocycles. The molecular formula is C17H19ClN4O. The molecule has 1 aliphatic heterocycles. The van der Waals surface area contributed by atoms with E-state index in [4.69, 9.17) is 11.6 Å². The van der Waals surface area contributed by atoms with Crippen molar-refractivity contribution >= 4 is 29.1 Å². The Hall–Kier alpha value is -2.14. The summed E-state index contributed by atoms with van der Waals surface area (Å²) in [4.78, 5) is 23.1. The van der Waals surface area contributed by atoms with Crippen LogP contribution in [0.25, 0.3) is 0 Å². The first kappa shape index (κ1) is 15.7. The molecule has 120 valence electrons. The molecule has 2 aromatic rings. The van der Waals surface area contributed by atoms with Crippen LogP contribution < -0.4 is 10.2 Å². The Morgan fingerprint density at radius 1 is 1.09 bits per heavy atom. The van der Waals surface area contributed by atoms with Crippen molar-refractivity contribution in [3.05, 3.63) is 47.2 Å². The Bertz CT molecular complexity index is 667. The van der Waals surface area contributed by atoms with Crippen LogP contribution in [0.1, 0.15) is 36.0 Å². The van der Waals surface area contributed by atoms with Crippen molar-refractivity contribution < 1.29 is 4.79 Å². The fraction of sp³-hybridized carbons (Fsp3) is 0.353. The minimum absolute atomic E-state index is 0.241. The van der Waals surface area contributed by atoms with E-state index in [0.29, 0.717) is 22.2 Å². The number of amides is 1. The van der Waals surface area contributed by atoms with Crippen LogP contribution in [0.5, 0.6) is 0 Å². The van der Waals surface area contributed by atoms with E-state index < -0.39 is 0 Å². The van der Waals surface area contributed by atoms with Crippen LogP contribution in [0.15, 0.2) is 36.7 Å². The van der Waals surface area contributed by atoms with Gasteiger partial charge in [-0.05, 0) is 31.0 Å². The Morgan fingerprint density at radius 3 is 2.43 bits per heavy atom. The van der Waals surface area contributed by atoms with E-state index in [0.717, 1.165) is 13.1 Å². The normalized spacial score (nSPS) is 15.1. The molecule has 3 rings (SSSR count). The number of halogens is 1. The van der Waals surface area contributed by atoms with Crippen molar-refractivity contribution in [3.8, 4) is 0 Å². The zero-order valence-electron chi connectivity index (χ0n) is 12.8. The lowest BCUT2D eigenvalue weighted by Gasteiger charge is -2.19. The number of aromatic nitrogens is 2. The van der Waals surface area contributed by atoms with Crippen LogP contribution in [0.2, 0.25) is 5.02 Å². The van der Waals surface area contributed by atoms with Crippen LogP contribution in [0.3, 0.4) is 0 Å². The van der Waals surface area contributed by atoms with Gasteiger partial charge in [0, 0.05) is 36.2 Å². The largest absolute Gasteiger partial charge is 0.341 e. The minimum Gasteiger partial charge on any atom is -0.341 e. The summed E-state index contributed by atoms with van der Waals surface area (Å²) in [5.41, 5.74) is 1.09. The highest BCUT2D eigenvalue weighted by Crippen LogP contribution is 2.17. The molecule has 6 heteroatoms. The second-order valence-corrected chi connectivity index (χ2v) is 6.07. The summed E-state index contributed by atoms with van der Waals surface area (Å²) in [6, 6.07) is 7.04. The van der Waals surface area contributed by atoms with Gasteiger partial charge in [-0.25, -0.2) is 9.97 Å². The van der Waals surface area contributed by atoms with E-state index in [1.807, 2.05) is 0 Å². The molecule has 23 heavy (non-hydrogen) atoms. The quantitative estimate of drug-likeness (QED) is 0.930. The molecular weight excluding hydrogens is 312 g/mol. The third-order valence-corrected chi connectivity index (χ3v) is 4.11. The van der Waals surface area contributed by atoms with Gasteiger partial charge in [0.05, 0.1) is 5.56 Å². The molecule has 0 aliphatic carbocycles. The highest BCUT2D eigenvalue weighted by atomic mass is 35.5. The molecule has 1 aliphatic rings. The maximum Gasteiger partial charge on any atom is 0.258 e. The average Bonchev–Trinajstić information content (AvgIpc) is 2.84. The number of nitrogens with one attached hydrogen (secondary N) is 1. The lowest BCUT2D eigenvalue weighted by Crippen LogP contribution is -2.26. The second-order valence-electron chi connectivity index (χ2n) is 5.64. The summed E-state index contributed by atoms with van der Waals surface area (Å²) in [6.07, 6.45) is 8.01. The fourth-order valence-electron chi connectivity index (χ4n) is 2.64. The van der Waals surface area contributed by atoms with Crippen molar-refractivity contribution in [1.82, 2.24) is 9.97 Å². The Balaban J connectivity index is 1.67. The van der Waals surface area contributed by atoms with Gasteiger partial charge < -0.3 is 10.2 Å². The number of carbonyl (C=O) groups is 1. The van der Waals surface area contributed by atoms with Crippen molar-refractivity contribution in [1.29, 1.82) is 0 Å². The fourth-order valence-corrected chi connectivity index (χ4v) is 2.83. The topological polar surface area (TPSA) is 58.1 Å². The Morgan fingerprint density at radius 2 is 1.78 bits per heavy atom. The minimum atomic E-state index is -0.241. The first-order valence-corrected chi connectivity index (χ1v) is 8.24. The molecule has 0 saturated carbocycles. The van der Waals surface area contributed by atoms with Gasteiger partial charge in [-0.15, -0.1) is 0 Å². The molecule has 0 radical (unpaired) electrons. The molecule has 1 N–H and O–H groups in total. The third-order valence-electron chi connectivity index (χ3n) is 3.87. The zero-order valence-corrected chi connectivity index (χ0v) is 13.6. The summed E-state index contributed by atoms with van der Waals surface area (Å²) < 4.78 is 0. The lowest BCUT2D eigenvalue weighted by molar-refractivity contribution is 0.102. The molecule has 1 amide bonds. The summed E-state index contributed by atoms with van der Waals surface area (Å²) in [5.74, 6) is 0.459. The van der Waals surface area contributed by atoms with Gasteiger partial charge in [-0.3, -0.25) is 4.79 Å². The van der Waals surface area contributed by atoms with Gasteiger partial charge in [0.1, 0.15) is 0 Å². The van der Waals surface area contributed by atoms with Crippen molar-refractivity contribution in [3.63, 3.8) is 0 Å². The molecule has 0 bridgehead atoms. The predicted molar refractivity (Wildman–Crippen MR) is 92.1 cm³/mol.